The summed E-state index contributed by atoms with van der Waals surface area (Å²) in [6, 6.07) is 15.3. The molecule has 1 aliphatic heterocycles. The molecule has 0 aliphatic carbocycles. The van der Waals surface area contributed by atoms with Gasteiger partial charge in [-0.25, -0.2) is 0 Å². The van der Waals surface area contributed by atoms with Crippen LogP contribution in [0.25, 0.3) is 0 Å². The summed E-state index contributed by atoms with van der Waals surface area (Å²) < 4.78 is 6.64. The van der Waals surface area contributed by atoms with Crippen LogP contribution in [0, 0.1) is 0 Å². The summed E-state index contributed by atoms with van der Waals surface area (Å²) in [5, 5.41) is 2.95. The minimum absolute atomic E-state index is 0.0808. The van der Waals surface area contributed by atoms with Crippen molar-refractivity contribution in [2.24, 2.45) is 0 Å². The molecular weight excluding hydrogens is 374 g/mol. The number of carbonyl (C=O) groups excluding carboxylic acids is 1. The van der Waals surface area contributed by atoms with Crippen molar-refractivity contribution in [3.8, 4) is 0 Å². The quantitative estimate of drug-likeness (QED) is 0.730. The number of benzene rings is 2. The van der Waals surface area contributed by atoms with Crippen molar-refractivity contribution in [1.82, 2.24) is 0 Å². The average molecular weight is 392 g/mol. The van der Waals surface area contributed by atoms with Crippen LogP contribution >= 0.6 is 27.7 Å². The number of anilines is 1. The summed E-state index contributed by atoms with van der Waals surface area (Å²) in [7, 11) is 0. The van der Waals surface area contributed by atoms with E-state index >= 15 is 0 Å². The number of nitrogens with one attached hydrogen (secondary N) is 1. The highest BCUT2D eigenvalue weighted by molar-refractivity contribution is 9.10. The number of hydrogen-bond acceptors (Lipinski definition) is 3. The molecule has 0 bridgehead atoms. The van der Waals surface area contributed by atoms with E-state index in [0.717, 1.165) is 40.3 Å². The SMILES string of the molecule is O=C(Nc1ccc(Br)cc1)c1ccccc1SCC1CCCO1. The van der Waals surface area contributed by atoms with Gasteiger partial charge in [-0.1, -0.05) is 28.1 Å². The molecular formula is C18H18BrNO2S. The van der Waals surface area contributed by atoms with Crippen LogP contribution < -0.4 is 5.32 Å². The van der Waals surface area contributed by atoms with Crippen molar-refractivity contribution in [3.63, 3.8) is 0 Å². The smallest absolute Gasteiger partial charge is 0.256 e. The lowest BCUT2D eigenvalue weighted by Gasteiger charge is -2.12. The van der Waals surface area contributed by atoms with Crippen LogP contribution in [0.5, 0.6) is 0 Å². The van der Waals surface area contributed by atoms with Crippen molar-refractivity contribution < 1.29 is 9.53 Å². The number of amides is 1. The van der Waals surface area contributed by atoms with Gasteiger partial charge >= 0.3 is 0 Å². The molecule has 0 aromatic heterocycles. The first-order valence-electron chi connectivity index (χ1n) is 7.63. The Labute approximate surface area is 148 Å². The van der Waals surface area contributed by atoms with Gasteiger partial charge in [0.1, 0.15) is 0 Å². The molecule has 0 radical (unpaired) electrons. The number of rotatable bonds is 5. The van der Waals surface area contributed by atoms with E-state index in [0.29, 0.717) is 11.7 Å². The Kier molecular flexibility index (Phi) is 5.75. The van der Waals surface area contributed by atoms with E-state index in [1.807, 2.05) is 48.5 Å². The third kappa shape index (κ3) is 4.59. The van der Waals surface area contributed by atoms with E-state index in [2.05, 4.69) is 21.2 Å². The van der Waals surface area contributed by atoms with E-state index in [4.69, 9.17) is 4.74 Å². The van der Waals surface area contributed by atoms with Crippen molar-refractivity contribution in [3.05, 3.63) is 58.6 Å². The van der Waals surface area contributed by atoms with Gasteiger partial charge in [0.2, 0.25) is 0 Å². The number of carbonyl (C=O) groups is 1. The van der Waals surface area contributed by atoms with E-state index in [1.165, 1.54) is 0 Å². The fourth-order valence-corrected chi connectivity index (χ4v) is 3.85. The predicted octanol–water partition coefficient (Wildman–Crippen LogP) is 4.97. The summed E-state index contributed by atoms with van der Waals surface area (Å²) in [4.78, 5) is 13.5. The zero-order chi connectivity index (χ0) is 16.1. The van der Waals surface area contributed by atoms with E-state index in [1.54, 1.807) is 11.8 Å². The second-order valence-electron chi connectivity index (χ2n) is 5.40. The summed E-state index contributed by atoms with van der Waals surface area (Å²) in [6.07, 6.45) is 2.56. The van der Waals surface area contributed by atoms with Gasteiger partial charge in [-0.15, -0.1) is 11.8 Å². The Balaban J connectivity index is 1.68. The molecule has 1 unspecified atom stereocenters. The number of ether oxygens (including phenoxy) is 1. The molecule has 120 valence electrons. The third-order valence-corrected chi connectivity index (χ3v) is 5.42. The molecule has 2 aromatic rings. The fourth-order valence-electron chi connectivity index (χ4n) is 2.47. The molecule has 1 heterocycles. The highest BCUT2D eigenvalue weighted by Gasteiger charge is 2.18. The van der Waals surface area contributed by atoms with Crippen molar-refractivity contribution >= 4 is 39.3 Å². The van der Waals surface area contributed by atoms with Gasteiger partial charge in [-0.05, 0) is 49.2 Å². The largest absolute Gasteiger partial charge is 0.377 e. The van der Waals surface area contributed by atoms with Crippen molar-refractivity contribution in [1.29, 1.82) is 0 Å². The zero-order valence-electron chi connectivity index (χ0n) is 12.6. The van der Waals surface area contributed by atoms with Crippen LogP contribution in [-0.4, -0.2) is 24.4 Å². The van der Waals surface area contributed by atoms with Crippen molar-refractivity contribution in [2.45, 2.75) is 23.8 Å². The maximum absolute atomic E-state index is 12.5. The van der Waals surface area contributed by atoms with Crippen LogP contribution in [0.2, 0.25) is 0 Å². The van der Waals surface area contributed by atoms with Crippen LogP contribution in [0.3, 0.4) is 0 Å². The lowest BCUT2D eigenvalue weighted by atomic mass is 10.2. The van der Waals surface area contributed by atoms with E-state index in [9.17, 15) is 4.79 Å². The molecule has 3 nitrogen and oxygen atoms in total. The molecule has 2 aromatic carbocycles. The highest BCUT2D eigenvalue weighted by atomic mass is 79.9. The minimum atomic E-state index is -0.0808. The molecule has 1 N–H and O–H groups in total. The van der Waals surface area contributed by atoms with Gasteiger partial charge in [0.15, 0.2) is 0 Å². The second kappa shape index (κ2) is 7.99. The molecule has 3 rings (SSSR count). The van der Waals surface area contributed by atoms with Gasteiger partial charge < -0.3 is 10.1 Å². The molecule has 23 heavy (non-hydrogen) atoms. The lowest BCUT2D eigenvalue weighted by molar-refractivity contribution is 0.102. The molecule has 0 spiro atoms. The molecule has 1 fully saturated rings. The van der Waals surface area contributed by atoms with Crippen LogP contribution in [0.1, 0.15) is 23.2 Å². The molecule has 1 saturated heterocycles. The number of hydrogen-bond donors (Lipinski definition) is 1. The maximum Gasteiger partial charge on any atom is 0.256 e. The topological polar surface area (TPSA) is 38.3 Å². The summed E-state index contributed by atoms with van der Waals surface area (Å²) in [6.45, 7) is 0.858. The van der Waals surface area contributed by atoms with Gasteiger partial charge in [-0.3, -0.25) is 4.79 Å². The molecule has 1 atom stereocenters. The first-order valence-corrected chi connectivity index (χ1v) is 9.40. The number of halogens is 1. The van der Waals surface area contributed by atoms with Gasteiger partial charge in [0, 0.05) is 27.4 Å². The van der Waals surface area contributed by atoms with Crippen LogP contribution in [0.4, 0.5) is 5.69 Å². The normalized spacial score (nSPS) is 17.2. The monoisotopic (exact) mass is 391 g/mol. The molecule has 1 amide bonds. The average Bonchev–Trinajstić information content (AvgIpc) is 3.09. The summed E-state index contributed by atoms with van der Waals surface area (Å²) in [5.41, 5.74) is 1.50. The van der Waals surface area contributed by atoms with Gasteiger partial charge in [0.05, 0.1) is 11.7 Å². The molecule has 5 heteroatoms. The van der Waals surface area contributed by atoms with Crippen LogP contribution in [-0.2, 0) is 4.74 Å². The lowest BCUT2D eigenvalue weighted by Crippen LogP contribution is -2.14. The molecule has 1 aliphatic rings. The van der Waals surface area contributed by atoms with Gasteiger partial charge in [0.25, 0.3) is 5.91 Å². The number of thioether (sulfide) groups is 1. The Hall–Kier alpha value is -1.30. The summed E-state index contributed by atoms with van der Waals surface area (Å²) >= 11 is 5.09. The Morgan fingerprint density at radius 1 is 1.22 bits per heavy atom. The Morgan fingerprint density at radius 2 is 2.00 bits per heavy atom. The standard InChI is InChI=1S/C18H18BrNO2S/c19-13-7-9-14(10-8-13)20-18(21)16-5-1-2-6-17(16)23-12-15-4-3-11-22-15/h1-2,5-10,15H,3-4,11-12H2,(H,20,21). The van der Waals surface area contributed by atoms with E-state index in [-0.39, 0.29) is 5.91 Å². The van der Waals surface area contributed by atoms with Crippen molar-refractivity contribution in [2.75, 3.05) is 17.7 Å². The van der Waals surface area contributed by atoms with Gasteiger partial charge in [-0.2, -0.15) is 0 Å². The Morgan fingerprint density at radius 3 is 2.74 bits per heavy atom. The fraction of sp³-hybridized carbons (Fsp3) is 0.278. The maximum atomic E-state index is 12.5. The Bertz CT molecular complexity index is 669. The zero-order valence-corrected chi connectivity index (χ0v) is 15.0. The first kappa shape index (κ1) is 16.6. The predicted molar refractivity (Wildman–Crippen MR) is 98.2 cm³/mol. The van der Waals surface area contributed by atoms with E-state index < -0.39 is 0 Å². The first-order chi connectivity index (χ1) is 11.2. The highest BCUT2D eigenvalue weighted by Crippen LogP contribution is 2.27. The minimum Gasteiger partial charge on any atom is -0.377 e. The summed E-state index contributed by atoms with van der Waals surface area (Å²) in [5.74, 6) is 0.811. The molecule has 0 saturated carbocycles. The second-order valence-corrected chi connectivity index (χ2v) is 7.38. The van der Waals surface area contributed by atoms with Crippen LogP contribution in [0.15, 0.2) is 57.9 Å². The third-order valence-electron chi connectivity index (χ3n) is 3.68.